The van der Waals surface area contributed by atoms with Crippen molar-refractivity contribution in [2.75, 3.05) is 17.1 Å². The molecular weight excluding hydrogens is 457 g/mol. The van der Waals surface area contributed by atoms with E-state index in [4.69, 9.17) is 0 Å². The second-order valence-corrected chi connectivity index (χ2v) is 10.7. The molecule has 0 radical (unpaired) electrons. The monoisotopic (exact) mass is 491 g/mol. The number of benzene rings is 2. The van der Waals surface area contributed by atoms with E-state index in [-0.39, 0.29) is 18.5 Å². The molecular formula is C25H34FN3O4S. The van der Waals surface area contributed by atoms with E-state index in [0.717, 1.165) is 16.1 Å². The zero-order valence-electron chi connectivity index (χ0n) is 20.6. The van der Waals surface area contributed by atoms with Gasteiger partial charge in [-0.3, -0.25) is 13.9 Å². The zero-order valence-corrected chi connectivity index (χ0v) is 21.4. The molecule has 0 aromatic heterocycles. The maximum Gasteiger partial charge on any atom is 0.244 e. The van der Waals surface area contributed by atoms with E-state index in [9.17, 15) is 22.4 Å². The summed E-state index contributed by atoms with van der Waals surface area (Å²) in [5, 5.41) is 2.83. The van der Waals surface area contributed by atoms with Crippen molar-refractivity contribution >= 4 is 27.5 Å². The minimum absolute atomic E-state index is 0.0353. The van der Waals surface area contributed by atoms with Crippen molar-refractivity contribution in [2.45, 2.75) is 59.7 Å². The summed E-state index contributed by atoms with van der Waals surface area (Å²) in [4.78, 5) is 27.9. The predicted molar refractivity (Wildman–Crippen MR) is 132 cm³/mol. The van der Waals surface area contributed by atoms with E-state index in [2.05, 4.69) is 5.32 Å². The molecule has 2 amide bonds. The van der Waals surface area contributed by atoms with E-state index in [1.165, 1.54) is 17.0 Å². The summed E-state index contributed by atoms with van der Waals surface area (Å²) in [5.74, 6) is -1.27. The Hall–Kier alpha value is -2.94. The fourth-order valence-corrected chi connectivity index (χ4v) is 4.57. The Morgan fingerprint density at radius 2 is 1.68 bits per heavy atom. The third-order valence-corrected chi connectivity index (χ3v) is 6.52. The summed E-state index contributed by atoms with van der Waals surface area (Å²) < 4.78 is 39.9. The van der Waals surface area contributed by atoms with Gasteiger partial charge in [0.05, 0.1) is 11.9 Å². The average Bonchev–Trinajstić information content (AvgIpc) is 2.73. The van der Waals surface area contributed by atoms with E-state index >= 15 is 0 Å². The van der Waals surface area contributed by atoms with Gasteiger partial charge in [0.2, 0.25) is 21.8 Å². The van der Waals surface area contributed by atoms with Crippen LogP contribution < -0.4 is 9.62 Å². The van der Waals surface area contributed by atoms with Crippen LogP contribution in [0.1, 0.15) is 43.9 Å². The Balaban J connectivity index is 2.48. The van der Waals surface area contributed by atoms with Gasteiger partial charge in [-0.05, 0) is 69.0 Å². The van der Waals surface area contributed by atoms with Crippen molar-refractivity contribution in [3.63, 3.8) is 0 Å². The third kappa shape index (κ3) is 7.28. The number of sulfonamides is 1. The first-order valence-electron chi connectivity index (χ1n) is 11.2. The first-order valence-corrected chi connectivity index (χ1v) is 13.1. The molecule has 0 spiro atoms. The molecule has 0 heterocycles. The maximum atomic E-state index is 13.6. The maximum absolute atomic E-state index is 13.6. The highest BCUT2D eigenvalue weighted by atomic mass is 32.2. The van der Waals surface area contributed by atoms with Gasteiger partial charge in [-0.1, -0.05) is 31.2 Å². The third-order valence-electron chi connectivity index (χ3n) is 5.40. The zero-order chi connectivity index (χ0) is 25.6. The summed E-state index contributed by atoms with van der Waals surface area (Å²) in [6.07, 6.45) is 1.38. The molecule has 2 aromatic carbocycles. The lowest BCUT2D eigenvalue weighted by Gasteiger charge is -2.33. The predicted octanol–water partition coefficient (Wildman–Crippen LogP) is 3.54. The van der Waals surface area contributed by atoms with Gasteiger partial charge in [-0.25, -0.2) is 12.8 Å². The lowest BCUT2D eigenvalue weighted by atomic mass is 10.1. The molecule has 0 aliphatic heterocycles. The van der Waals surface area contributed by atoms with Gasteiger partial charge < -0.3 is 10.2 Å². The summed E-state index contributed by atoms with van der Waals surface area (Å²) in [6.45, 7) is 8.62. The standard InChI is InChI=1S/C25H34FN3O4S/c1-7-22(25(31)27-17(2)3)28(15-20-10-12-21(26)13-11-20)24(30)16-29(34(6,32)33)23-14-18(4)8-9-19(23)5/h8-14,17,22H,7,15-16H2,1-6H3,(H,27,31)/t22-/m1/s1. The molecule has 9 heteroatoms. The van der Waals surface area contributed by atoms with Crippen LogP contribution in [-0.4, -0.2) is 50.0 Å². The van der Waals surface area contributed by atoms with Gasteiger partial charge >= 0.3 is 0 Å². The number of carbonyl (C=O) groups is 2. The summed E-state index contributed by atoms with van der Waals surface area (Å²) >= 11 is 0. The van der Waals surface area contributed by atoms with Crippen LogP contribution in [0.15, 0.2) is 42.5 Å². The van der Waals surface area contributed by atoms with Gasteiger partial charge in [-0.15, -0.1) is 0 Å². The average molecular weight is 492 g/mol. The normalized spacial score (nSPS) is 12.4. The molecule has 0 saturated heterocycles. The Morgan fingerprint density at radius 1 is 1.06 bits per heavy atom. The highest BCUT2D eigenvalue weighted by Gasteiger charge is 2.32. The lowest BCUT2D eigenvalue weighted by molar-refractivity contribution is -0.140. The Bertz CT molecular complexity index is 1120. The number of hydrogen-bond acceptors (Lipinski definition) is 4. The van der Waals surface area contributed by atoms with Crippen molar-refractivity contribution < 1.29 is 22.4 Å². The van der Waals surface area contributed by atoms with E-state index < -0.39 is 34.3 Å². The molecule has 34 heavy (non-hydrogen) atoms. The van der Waals surface area contributed by atoms with Gasteiger partial charge in [0, 0.05) is 12.6 Å². The Kier molecular flexibility index (Phi) is 9.21. The second-order valence-electron chi connectivity index (χ2n) is 8.80. The number of nitrogens with zero attached hydrogens (tertiary/aromatic N) is 2. The smallest absolute Gasteiger partial charge is 0.244 e. The van der Waals surface area contributed by atoms with Crippen LogP contribution in [-0.2, 0) is 26.2 Å². The quantitative estimate of drug-likeness (QED) is 0.551. The number of rotatable bonds is 10. The number of halogens is 1. The van der Waals surface area contributed by atoms with E-state index in [1.807, 2.05) is 26.8 Å². The van der Waals surface area contributed by atoms with Crippen LogP contribution in [0.2, 0.25) is 0 Å². The van der Waals surface area contributed by atoms with Crippen LogP contribution in [0.4, 0.5) is 10.1 Å². The van der Waals surface area contributed by atoms with Crippen molar-refractivity contribution in [1.82, 2.24) is 10.2 Å². The van der Waals surface area contributed by atoms with Crippen molar-refractivity contribution in [3.8, 4) is 0 Å². The number of nitrogens with one attached hydrogen (secondary N) is 1. The highest BCUT2D eigenvalue weighted by molar-refractivity contribution is 7.92. The molecule has 0 bridgehead atoms. The topological polar surface area (TPSA) is 86.8 Å². The first kappa shape index (κ1) is 27.3. The molecule has 0 fully saturated rings. The van der Waals surface area contributed by atoms with Crippen LogP contribution >= 0.6 is 0 Å². The number of anilines is 1. The SMILES string of the molecule is CC[C@H](C(=O)NC(C)C)N(Cc1ccc(F)cc1)C(=O)CN(c1cc(C)ccc1C)S(C)(=O)=O. The summed E-state index contributed by atoms with van der Waals surface area (Å²) in [6, 6.07) is 10.1. The first-order chi connectivity index (χ1) is 15.8. The largest absolute Gasteiger partial charge is 0.352 e. The van der Waals surface area contributed by atoms with Crippen LogP contribution in [0, 0.1) is 19.7 Å². The van der Waals surface area contributed by atoms with Crippen LogP contribution in [0.25, 0.3) is 0 Å². The number of aryl methyl sites for hydroxylation is 2. The number of amides is 2. The molecule has 0 aliphatic carbocycles. The molecule has 186 valence electrons. The molecule has 0 unspecified atom stereocenters. The molecule has 2 rings (SSSR count). The number of carbonyl (C=O) groups excluding carboxylic acids is 2. The van der Waals surface area contributed by atoms with E-state index in [1.54, 1.807) is 38.1 Å². The molecule has 7 nitrogen and oxygen atoms in total. The molecule has 1 N–H and O–H groups in total. The summed E-state index contributed by atoms with van der Waals surface area (Å²) in [5.41, 5.74) is 2.60. The minimum Gasteiger partial charge on any atom is -0.352 e. The molecule has 0 saturated carbocycles. The van der Waals surface area contributed by atoms with Crippen LogP contribution in [0.3, 0.4) is 0 Å². The highest BCUT2D eigenvalue weighted by Crippen LogP contribution is 2.25. The van der Waals surface area contributed by atoms with Gasteiger partial charge in [0.1, 0.15) is 18.4 Å². The second kappa shape index (κ2) is 11.5. The minimum atomic E-state index is -3.80. The van der Waals surface area contributed by atoms with Crippen molar-refractivity contribution in [2.24, 2.45) is 0 Å². The fourth-order valence-electron chi connectivity index (χ4n) is 3.67. The molecule has 0 aliphatic rings. The molecule has 1 atom stereocenters. The van der Waals surface area contributed by atoms with Gasteiger partial charge in [0.25, 0.3) is 0 Å². The lowest BCUT2D eigenvalue weighted by Crippen LogP contribution is -2.53. The van der Waals surface area contributed by atoms with Crippen molar-refractivity contribution in [1.29, 1.82) is 0 Å². The molecule has 2 aromatic rings. The van der Waals surface area contributed by atoms with Crippen molar-refractivity contribution in [3.05, 3.63) is 65.0 Å². The van der Waals surface area contributed by atoms with E-state index in [0.29, 0.717) is 23.2 Å². The Labute approximate surface area is 202 Å². The Morgan fingerprint density at radius 3 is 2.21 bits per heavy atom. The van der Waals surface area contributed by atoms with Gasteiger partial charge in [-0.2, -0.15) is 0 Å². The van der Waals surface area contributed by atoms with Crippen LogP contribution in [0.5, 0.6) is 0 Å². The summed E-state index contributed by atoms with van der Waals surface area (Å²) in [7, 11) is -3.80. The van der Waals surface area contributed by atoms with Gasteiger partial charge in [0.15, 0.2) is 0 Å². The fraction of sp³-hybridized carbons (Fsp3) is 0.440. The number of hydrogen-bond donors (Lipinski definition) is 1.